The third-order valence-corrected chi connectivity index (χ3v) is 4.77. The van der Waals surface area contributed by atoms with E-state index in [0.29, 0.717) is 11.4 Å². The molecule has 0 aromatic heterocycles. The first-order chi connectivity index (χ1) is 9.82. The first kappa shape index (κ1) is 15.7. The van der Waals surface area contributed by atoms with Gasteiger partial charge >= 0.3 is 5.97 Å². The number of carbonyl (C=O) groups excluding carboxylic acids is 1. The van der Waals surface area contributed by atoms with Gasteiger partial charge in [-0.15, -0.1) is 11.8 Å². The molecule has 1 aliphatic carbocycles. The fourth-order valence-electron chi connectivity index (χ4n) is 2.70. The van der Waals surface area contributed by atoms with Crippen molar-refractivity contribution >= 4 is 29.3 Å². The number of benzene rings is 1. The molecule has 2 rings (SSSR count). The Kier molecular flexibility index (Phi) is 4.18. The summed E-state index contributed by atoms with van der Waals surface area (Å²) in [6, 6.07) is 5.50. The maximum Gasteiger partial charge on any atom is 0.307 e. The second-order valence-corrected chi connectivity index (χ2v) is 6.55. The van der Waals surface area contributed by atoms with Gasteiger partial charge in [-0.05, 0) is 29.9 Å². The smallest absolute Gasteiger partial charge is 0.307 e. The zero-order valence-electron chi connectivity index (χ0n) is 12.5. The number of aliphatic carboxylic acids is 1. The van der Waals surface area contributed by atoms with E-state index in [9.17, 15) is 9.59 Å². The number of thioether (sulfide) groups is 1. The third kappa shape index (κ3) is 2.85. The van der Waals surface area contributed by atoms with Crippen molar-refractivity contribution in [1.29, 1.82) is 0 Å². The second kappa shape index (κ2) is 5.60. The highest BCUT2D eigenvalue weighted by atomic mass is 32.2. The van der Waals surface area contributed by atoms with E-state index in [1.54, 1.807) is 31.7 Å². The Morgan fingerprint density at radius 2 is 2.00 bits per heavy atom. The Hall–Kier alpha value is -1.69. The minimum atomic E-state index is -0.926. The van der Waals surface area contributed by atoms with Crippen molar-refractivity contribution in [3.63, 3.8) is 0 Å². The Labute approximate surface area is 128 Å². The first-order valence-electron chi connectivity index (χ1n) is 6.58. The number of carbonyl (C=O) groups is 2. The molecule has 21 heavy (non-hydrogen) atoms. The van der Waals surface area contributed by atoms with Gasteiger partial charge in [0.2, 0.25) is 5.91 Å². The molecule has 0 spiro atoms. The molecule has 1 fully saturated rings. The summed E-state index contributed by atoms with van der Waals surface area (Å²) in [7, 11) is 1.54. The van der Waals surface area contributed by atoms with Crippen LogP contribution >= 0.6 is 11.8 Å². The van der Waals surface area contributed by atoms with Crippen LogP contribution in [-0.4, -0.2) is 30.3 Å². The fourth-order valence-corrected chi connectivity index (χ4v) is 3.13. The molecule has 5 nitrogen and oxygen atoms in total. The van der Waals surface area contributed by atoms with Crippen LogP contribution in [0, 0.1) is 17.3 Å². The van der Waals surface area contributed by atoms with E-state index in [-0.39, 0.29) is 5.91 Å². The normalized spacial score (nSPS) is 22.5. The predicted octanol–water partition coefficient (Wildman–Crippen LogP) is 2.71. The molecule has 2 atom stereocenters. The van der Waals surface area contributed by atoms with Gasteiger partial charge in [0.05, 0.1) is 24.6 Å². The van der Waals surface area contributed by atoms with Crippen LogP contribution in [0.1, 0.15) is 13.8 Å². The number of carboxylic acids is 1. The van der Waals surface area contributed by atoms with Crippen molar-refractivity contribution in [3.05, 3.63) is 18.2 Å². The van der Waals surface area contributed by atoms with Crippen molar-refractivity contribution in [3.8, 4) is 5.75 Å². The zero-order chi connectivity index (χ0) is 15.8. The van der Waals surface area contributed by atoms with Gasteiger partial charge in [0.1, 0.15) is 5.75 Å². The van der Waals surface area contributed by atoms with Gasteiger partial charge in [0.15, 0.2) is 0 Å². The van der Waals surface area contributed by atoms with Crippen LogP contribution in [0.3, 0.4) is 0 Å². The first-order valence-corrected chi connectivity index (χ1v) is 7.81. The lowest BCUT2D eigenvalue weighted by molar-refractivity contribution is -0.140. The standard InChI is InChI=1S/C15H19NO4S/c1-15(2)11(12(15)14(18)19)13(17)16-9-6-5-8(21-4)7-10(9)20-3/h5-7,11-12H,1-4H3,(H,16,17)(H,18,19)/t11-,12+/m0/s1. The Morgan fingerprint density at radius 1 is 1.33 bits per heavy atom. The molecule has 0 radical (unpaired) electrons. The molecular weight excluding hydrogens is 290 g/mol. The topological polar surface area (TPSA) is 75.6 Å². The summed E-state index contributed by atoms with van der Waals surface area (Å²) >= 11 is 1.58. The zero-order valence-corrected chi connectivity index (χ0v) is 13.3. The summed E-state index contributed by atoms with van der Waals surface area (Å²) in [5.74, 6) is -1.78. The molecule has 0 saturated heterocycles. The molecule has 114 valence electrons. The van der Waals surface area contributed by atoms with Gasteiger partial charge < -0.3 is 15.2 Å². The monoisotopic (exact) mass is 309 g/mol. The van der Waals surface area contributed by atoms with E-state index in [2.05, 4.69) is 5.32 Å². The van der Waals surface area contributed by atoms with Crippen molar-refractivity contribution in [2.24, 2.45) is 17.3 Å². The Balaban J connectivity index is 2.16. The highest BCUT2D eigenvalue weighted by Crippen LogP contribution is 2.58. The largest absolute Gasteiger partial charge is 0.495 e. The van der Waals surface area contributed by atoms with Crippen LogP contribution in [0.25, 0.3) is 0 Å². The summed E-state index contributed by atoms with van der Waals surface area (Å²) in [6.07, 6.45) is 1.96. The Morgan fingerprint density at radius 3 is 2.48 bits per heavy atom. The molecule has 1 amide bonds. The molecule has 1 aromatic carbocycles. The van der Waals surface area contributed by atoms with Gasteiger partial charge in [0.25, 0.3) is 0 Å². The number of ether oxygens (including phenoxy) is 1. The van der Waals surface area contributed by atoms with Crippen molar-refractivity contribution in [1.82, 2.24) is 0 Å². The summed E-state index contributed by atoms with van der Waals surface area (Å²) < 4.78 is 5.27. The lowest BCUT2D eigenvalue weighted by Crippen LogP contribution is -2.18. The summed E-state index contributed by atoms with van der Waals surface area (Å²) in [4.78, 5) is 24.5. The average molecular weight is 309 g/mol. The second-order valence-electron chi connectivity index (χ2n) is 5.67. The third-order valence-electron chi connectivity index (χ3n) is 4.04. The minimum absolute atomic E-state index is 0.275. The summed E-state index contributed by atoms with van der Waals surface area (Å²) in [5.41, 5.74) is 0.0506. The van der Waals surface area contributed by atoms with Gasteiger partial charge in [-0.25, -0.2) is 0 Å². The van der Waals surface area contributed by atoms with Gasteiger partial charge in [-0.1, -0.05) is 13.8 Å². The van der Waals surface area contributed by atoms with Crippen LogP contribution in [0.2, 0.25) is 0 Å². The maximum absolute atomic E-state index is 12.3. The highest BCUT2D eigenvalue weighted by molar-refractivity contribution is 7.98. The number of hydrogen-bond donors (Lipinski definition) is 2. The number of hydrogen-bond acceptors (Lipinski definition) is 4. The molecule has 1 aromatic rings. The van der Waals surface area contributed by atoms with Crippen LogP contribution < -0.4 is 10.1 Å². The fraction of sp³-hybridized carbons (Fsp3) is 0.467. The molecule has 0 bridgehead atoms. The van der Waals surface area contributed by atoms with Gasteiger partial charge in [-0.2, -0.15) is 0 Å². The minimum Gasteiger partial charge on any atom is -0.495 e. The van der Waals surface area contributed by atoms with Gasteiger partial charge in [0, 0.05) is 4.90 Å². The molecule has 0 heterocycles. The number of amides is 1. The lowest BCUT2D eigenvalue weighted by Gasteiger charge is -2.11. The van der Waals surface area contributed by atoms with E-state index < -0.39 is 23.2 Å². The quantitative estimate of drug-likeness (QED) is 0.818. The van der Waals surface area contributed by atoms with Crippen molar-refractivity contribution < 1.29 is 19.4 Å². The van der Waals surface area contributed by atoms with Crippen molar-refractivity contribution in [2.45, 2.75) is 18.7 Å². The molecular formula is C15H19NO4S. The molecule has 0 unspecified atom stereocenters. The van der Waals surface area contributed by atoms with Crippen LogP contribution in [0.5, 0.6) is 5.75 Å². The van der Waals surface area contributed by atoms with E-state index in [0.717, 1.165) is 4.90 Å². The molecule has 1 aliphatic rings. The van der Waals surface area contributed by atoms with Crippen LogP contribution in [0.4, 0.5) is 5.69 Å². The number of anilines is 1. The Bertz CT molecular complexity index is 585. The number of nitrogens with one attached hydrogen (secondary N) is 1. The van der Waals surface area contributed by atoms with Crippen molar-refractivity contribution in [2.75, 3.05) is 18.7 Å². The lowest BCUT2D eigenvalue weighted by atomic mass is 10.1. The number of methoxy groups -OCH3 is 1. The van der Waals surface area contributed by atoms with E-state index in [4.69, 9.17) is 9.84 Å². The maximum atomic E-state index is 12.3. The molecule has 1 saturated carbocycles. The van der Waals surface area contributed by atoms with E-state index in [1.165, 1.54) is 7.11 Å². The highest BCUT2D eigenvalue weighted by Gasteiger charge is 2.65. The molecule has 6 heteroatoms. The predicted molar refractivity (Wildman–Crippen MR) is 81.8 cm³/mol. The SMILES string of the molecule is COc1cc(SC)ccc1NC(=O)[C@@H]1[C@H](C(=O)O)C1(C)C. The molecule has 2 N–H and O–H groups in total. The van der Waals surface area contributed by atoms with E-state index >= 15 is 0 Å². The van der Waals surface area contributed by atoms with Crippen LogP contribution in [0.15, 0.2) is 23.1 Å². The average Bonchev–Trinajstić information content (AvgIpc) is 3.02. The van der Waals surface area contributed by atoms with E-state index in [1.807, 2.05) is 18.4 Å². The number of carboxylic acid groups (broad SMARTS) is 1. The molecule has 0 aliphatic heterocycles. The summed E-state index contributed by atoms with van der Waals surface area (Å²) in [5, 5.41) is 11.9. The van der Waals surface area contributed by atoms with Crippen LogP contribution in [-0.2, 0) is 9.59 Å². The summed E-state index contributed by atoms with van der Waals surface area (Å²) in [6.45, 7) is 3.59. The van der Waals surface area contributed by atoms with Gasteiger partial charge in [-0.3, -0.25) is 9.59 Å². The number of rotatable bonds is 5.